The van der Waals surface area contributed by atoms with Gasteiger partial charge < -0.3 is 0 Å². The number of halogens is 2. The Morgan fingerprint density at radius 2 is 1.96 bits per heavy atom. The first-order valence-electron chi connectivity index (χ1n) is 7.42. The summed E-state index contributed by atoms with van der Waals surface area (Å²) >= 11 is 0. The summed E-state index contributed by atoms with van der Waals surface area (Å²) in [6.07, 6.45) is 1.05. The molecule has 0 fully saturated rings. The fraction of sp³-hybridized carbons (Fsp3) is 0. The molecule has 0 saturated heterocycles. The van der Waals surface area contributed by atoms with Crippen LogP contribution < -0.4 is 11.0 Å². The number of nitrogens with one attached hydrogen (secondary N) is 2. The molecule has 3 aromatic rings. The van der Waals surface area contributed by atoms with Crippen LogP contribution >= 0.6 is 0 Å². The third-order valence-electron chi connectivity index (χ3n) is 3.41. The molecule has 0 aliphatic rings. The number of rotatable bonds is 4. The second-order valence-electron chi connectivity index (χ2n) is 5.15. The van der Waals surface area contributed by atoms with Gasteiger partial charge in [-0.25, -0.2) is 19.2 Å². The molecule has 0 atom stereocenters. The van der Waals surface area contributed by atoms with Crippen molar-refractivity contribution in [1.82, 2.24) is 9.97 Å². The zero-order valence-electron chi connectivity index (χ0n) is 13.2. The molecule has 3 rings (SSSR count). The Balaban J connectivity index is 1.93. The van der Waals surface area contributed by atoms with Crippen LogP contribution in [0.1, 0.15) is 11.1 Å². The number of benzene rings is 2. The first kappa shape index (κ1) is 17.0. The Bertz CT molecular complexity index is 1070. The Hall–Kier alpha value is -3.86. The van der Waals surface area contributed by atoms with Crippen molar-refractivity contribution in [3.8, 4) is 17.3 Å². The van der Waals surface area contributed by atoms with E-state index in [1.165, 1.54) is 0 Å². The van der Waals surface area contributed by atoms with Crippen LogP contribution in [0.25, 0.3) is 11.3 Å². The highest BCUT2D eigenvalue weighted by molar-refractivity contribution is 5.80. The Labute approximate surface area is 146 Å². The largest absolute Gasteiger partial charge is 0.290 e. The predicted octanol–water partition coefficient (Wildman–Crippen LogP) is 3.03. The average molecular weight is 351 g/mol. The quantitative estimate of drug-likeness (QED) is 0.558. The van der Waals surface area contributed by atoms with Crippen molar-refractivity contribution in [3.05, 3.63) is 81.6 Å². The van der Waals surface area contributed by atoms with Gasteiger partial charge in [-0.15, -0.1) is 0 Å². The van der Waals surface area contributed by atoms with Gasteiger partial charge in [0.05, 0.1) is 11.9 Å². The van der Waals surface area contributed by atoms with Crippen molar-refractivity contribution in [3.63, 3.8) is 0 Å². The molecule has 2 N–H and O–H groups in total. The van der Waals surface area contributed by atoms with E-state index in [1.807, 2.05) is 6.07 Å². The Kier molecular flexibility index (Phi) is 4.80. The molecule has 0 radical (unpaired) electrons. The first-order chi connectivity index (χ1) is 12.6. The fourth-order valence-corrected chi connectivity index (χ4v) is 2.21. The predicted molar refractivity (Wildman–Crippen MR) is 92.6 cm³/mol. The van der Waals surface area contributed by atoms with Crippen LogP contribution in [-0.4, -0.2) is 16.2 Å². The monoisotopic (exact) mass is 351 g/mol. The van der Waals surface area contributed by atoms with Crippen molar-refractivity contribution in [2.75, 3.05) is 5.43 Å². The maximum atomic E-state index is 13.5. The first-order valence-corrected chi connectivity index (χ1v) is 7.42. The number of nitrogens with zero attached hydrogens (tertiary/aromatic N) is 3. The standard InChI is InChI=1S/C18H11F2N5O/c19-13-6-7-15(20)12(8-13)10-22-25-18-23-16(11-4-2-1-3-5-11)14(9-21)17(26)24-18/h1-8,10H,(H2,23,24,25,26). The van der Waals surface area contributed by atoms with Gasteiger partial charge in [-0.05, 0) is 18.2 Å². The number of aromatic nitrogens is 2. The van der Waals surface area contributed by atoms with E-state index in [-0.39, 0.29) is 22.8 Å². The number of H-pyrrole nitrogens is 1. The van der Waals surface area contributed by atoms with E-state index in [0.29, 0.717) is 5.56 Å². The van der Waals surface area contributed by atoms with E-state index in [2.05, 4.69) is 20.5 Å². The van der Waals surface area contributed by atoms with Gasteiger partial charge in [0.2, 0.25) is 5.95 Å². The van der Waals surface area contributed by atoms with Crippen LogP contribution in [0.15, 0.2) is 58.4 Å². The molecule has 26 heavy (non-hydrogen) atoms. The van der Waals surface area contributed by atoms with Crippen LogP contribution in [0.3, 0.4) is 0 Å². The zero-order valence-corrected chi connectivity index (χ0v) is 13.2. The van der Waals surface area contributed by atoms with E-state index in [4.69, 9.17) is 0 Å². The van der Waals surface area contributed by atoms with Crippen molar-refractivity contribution < 1.29 is 8.78 Å². The molecule has 6 nitrogen and oxygen atoms in total. The minimum absolute atomic E-state index is 0.0408. The summed E-state index contributed by atoms with van der Waals surface area (Å²) < 4.78 is 26.7. The van der Waals surface area contributed by atoms with Crippen molar-refractivity contribution >= 4 is 12.2 Å². The molecule has 128 valence electrons. The van der Waals surface area contributed by atoms with Gasteiger partial charge in [0.25, 0.3) is 5.56 Å². The highest BCUT2D eigenvalue weighted by Crippen LogP contribution is 2.19. The molecule has 0 aliphatic carbocycles. The summed E-state index contributed by atoms with van der Waals surface area (Å²) in [5, 5.41) is 12.9. The van der Waals surface area contributed by atoms with Crippen LogP contribution in [0, 0.1) is 23.0 Å². The molecule has 1 aromatic heterocycles. The minimum Gasteiger partial charge on any atom is -0.290 e. The molecule has 0 bridgehead atoms. The van der Waals surface area contributed by atoms with Crippen molar-refractivity contribution in [2.24, 2.45) is 5.10 Å². The van der Waals surface area contributed by atoms with Crippen molar-refractivity contribution in [1.29, 1.82) is 5.26 Å². The van der Waals surface area contributed by atoms with E-state index < -0.39 is 17.2 Å². The SMILES string of the molecule is N#Cc1c(-c2ccccc2)nc(NN=Cc2cc(F)ccc2F)[nH]c1=O. The topological polar surface area (TPSA) is 93.9 Å². The highest BCUT2D eigenvalue weighted by atomic mass is 19.1. The number of anilines is 1. The zero-order chi connectivity index (χ0) is 18.5. The number of hydrazone groups is 1. The molecule has 1 heterocycles. The minimum atomic E-state index is -0.650. The average Bonchev–Trinajstić information content (AvgIpc) is 2.65. The molecular weight excluding hydrogens is 340 g/mol. The van der Waals surface area contributed by atoms with Gasteiger partial charge >= 0.3 is 0 Å². The Morgan fingerprint density at radius 1 is 1.19 bits per heavy atom. The summed E-state index contributed by atoms with van der Waals surface area (Å²) in [5.41, 5.74) is 2.36. The van der Waals surface area contributed by atoms with Gasteiger partial charge in [-0.3, -0.25) is 9.78 Å². The van der Waals surface area contributed by atoms with Crippen LogP contribution in [-0.2, 0) is 0 Å². The van der Waals surface area contributed by atoms with E-state index in [1.54, 1.807) is 30.3 Å². The Morgan fingerprint density at radius 3 is 2.69 bits per heavy atom. The third kappa shape index (κ3) is 3.62. The lowest BCUT2D eigenvalue weighted by molar-refractivity contribution is 0.598. The number of aromatic amines is 1. The molecule has 0 saturated carbocycles. The maximum absolute atomic E-state index is 13.5. The smallest absolute Gasteiger partial charge is 0.270 e. The summed E-state index contributed by atoms with van der Waals surface area (Å²) in [7, 11) is 0. The normalized spacial score (nSPS) is 10.7. The molecular formula is C18H11F2N5O. The number of hydrogen-bond acceptors (Lipinski definition) is 5. The van der Waals surface area contributed by atoms with Gasteiger partial charge in [0, 0.05) is 11.1 Å². The van der Waals surface area contributed by atoms with Crippen molar-refractivity contribution in [2.45, 2.75) is 0 Å². The molecule has 0 aliphatic heterocycles. The van der Waals surface area contributed by atoms with Gasteiger partial charge in [0.1, 0.15) is 23.3 Å². The van der Waals surface area contributed by atoms with Crippen LogP contribution in [0.4, 0.5) is 14.7 Å². The van der Waals surface area contributed by atoms with Gasteiger partial charge in [0.15, 0.2) is 0 Å². The lowest BCUT2D eigenvalue weighted by atomic mass is 10.1. The highest BCUT2D eigenvalue weighted by Gasteiger charge is 2.12. The lowest BCUT2D eigenvalue weighted by Gasteiger charge is -2.06. The lowest BCUT2D eigenvalue weighted by Crippen LogP contribution is -2.16. The summed E-state index contributed by atoms with van der Waals surface area (Å²) in [6.45, 7) is 0. The van der Waals surface area contributed by atoms with Crippen LogP contribution in [0.5, 0.6) is 0 Å². The molecule has 0 spiro atoms. The summed E-state index contributed by atoms with van der Waals surface area (Å²) in [6, 6.07) is 13.5. The van der Waals surface area contributed by atoms with E-state index in [0.717, 1.165) is 24.4 Å². The molecule has 0 unspecified atom stereocenters. The maximum Gasteiger partial charge on any atom is 0.270 e. The number of hydrogen-bond donors (Lipinski definition) is 2. The van der Waals surface area contributed by atoms with E-state index >= 15 is 0 Å². The second kappa shape index (κ2) is 7.36. The summed E-state index contributed by atoms with van der Waals surface area (Å²) in [4.78, 5) is 18.6. The van der Waals surface area contributed by atoms with Crippen LogP contribution in [0.2, 0.25) is 0 Å². The van der Waals surface area contributed by atoms with Gasteiger partial charge in [-0.1, -0.05) is 30.3 Å². The van der Waals surface area contributed by atoms with Gasteiger partial charge in [-0.2, -0.15) is 10.4 Å². The second-order valence-corrected chi connectivity index (χ2v) is 5.15. The molecule has 2 aromatic carbocycles. The van der Waals surface area contributed by atoms with E-state index in [9.17, 15) is 18.8 Å². The number of nitriles is 1. The molecule has 0 amide bonds. The molecule has 8 heteroatoms. The third-order valence-corrected chi connectivity index (χ3v) is 3.41. The summed E-state index contributed by atoms with van der Waals surface area (Å²) in [5.74, 6) is -1.30. The fourth-order valence-electron chi connectivity index (χ4n) is 2.21.